The molecule has 2 heteroatoms. The Kier molecular flexibility index (Phi) is 4.08. The lowest BCUT2D eigenvalue weighted by Crippen LogP contribution is -2.23. The van der Waals surface area contributed by atoms with Crippen molar-refractivity contribution in [3.8, 4) is 6.07 Å². The standard InChI is InChI=1S/C7H14N2/c1-7(2)6-9(3)5-4-8/h7H,5-6H2,1-3H3. The topological polar surface area (TPSA) is 27.0 Å². The van der Waals surface area contributed by atoms with Gasteiger partial charge in [0.15, 0.2) is 0 Å². The van der Waals surface area contributed by atoms with Gasteiger partial charge in [0.05, 0.1) is 12.6 Å². The van der Waals surface area contributed by atoms with Gasteiger partial charge in [0.1, 0.15) is 0 Å². The maximum absolute atomic E-state index is 8.26. The summed E-state index contributed by atoms with van der Waals surface area (Å²) in [6.07, 6.45) is 0. The number of nitriles is 1. The molecule has 0 fully saturated rings. The summed E-state index contributed by atoms with van der Waals surface area (Å²) in [5.74, 6) is 0.656. The molecule has 0 aliphatic heterocycles. The van der Waals surface area contributed by atoms with E-state index in [0.717, 1.165) is 6.54 Å². The second-order valence-corrected chi connectivity index (χ2v) is 2.75. The van der Waals surface area contributed by atoms with Crippen LogP contribution in [-0.4, -0.2) is 25.0 Å². The minimum atomic E-state index is 0.540. The predicted octanol–water partition coefficient (Wildman–Crippen LogP) is 1.10. The van der Waals surface area contributed by atoms with E-state index >= 15 is 0 Å². The Hall–Kier alpha value is -0.550. The van der Waals surface area contributed by atoms with Crippen LogP contribution in [0.1, 0.15) is 13.8 Å². The maximum atomic E-state index is 8.26. The van der Waals surface area contributed by atoms with Gasteiger partial charge in [-0.2, -0.15) is 5.26 Å². The van der Waals surface area contributed by atoms with Crippen LogP contribution in [0.4, 0.5) is 0 Å². The first-order valence-electron chi connectivity index (χ1n) is 3.22. The molecule has 0 heterocycles. The molecule has 0 spiro atoms. The molecule has 0 rings (SSSR count). The molecule has 0 N–H and O–H groups in total. The maximum Gasteiger partial charge on any atom is 0.0863 e. The smallest absolute Gasteiger partial charge is 0.0863 e. The Morgan fingerprint density at radius 2 is 2.11 bits per heavy atom. The Morgan fingerprint density at radius 3 is 2.44 bits per heavy atom. The van der Waals surface area contributed by atoms with Gasteiger partial charge in [0, 0.05) is 6.54 Å². The number of nitrogens with zero attached hydrogens (tertiary/aromatic N) is 2. The van der Waals surface area contributed by atoms with Crippen molar-refractivity contribution >= 4 is 0 Å². The zero-order chi connectivity index (χ0) is 7.28. The predicted molar refractivity (Wildman–Crippen MR) is 37.9 cm³/mol. The normalized spacial score (nSPS) is 10.2. The largest absolute Gasteiger partial charge is 0.293 e. The fourth-order valence-corrected chi connectivity index (χ4v) is 0.809. The summed E-state index contributed by atoms with van der Waals surface area (Å²) in [5, 5.41) is 8.26. The highest BCUT2D eigenvalue weighted by Crippen LogP contribution is 1.93. The molecule has 0 amide bonds. The Balaban J connectivity index is 3.29. The quantitative estimate of drug-likeness (QED) is 0.529. The van der Waals surface area contributed by atoms with E-state index in [9.17, 15) is 0 Å². The van der Waals surface area contributed by atoms with Crippen molar-refractivity contribution in [1.82, 2.24) is 4.90 Å². The Morgan fingerprint density at radius 1 is 1.56 bits per heavy atom. The van der Waals surface area contributed by atoms with Crippen molar-refractivity contribution in [2.24, 2.45) is 5.92 Å². The number of hydrogen-bond acceptors (Lipinski definition) is 2. The highest BCUT2D eigenvalue weighted by Gasteiger charge is 1.98. The third-order valence-electron chi connectivity index (χ3n) is 1.02. The molecular weight excluding hydrogens is 112 g/mol. The third kappa shape index (κ3) is 5.32. The van der Waals surface area contributed by atoms with E-state index in [4.69, 9.17) is 5.26 Å². The molecule has 9 heavy (non-hydrogen) atoms. The average molecular weight is 126 g/mol. The monoisotopic (exact) mass is 126 g/mol. The van der Waals surface area contributed by atoms with Gasteiger partial charge in [0.25, 0.3) is 0 Å². The van der Waals surface area contributed by atoms with Gasteiger partial charge < -0.3 is 0 Å². The van der Waals surface area contributed by atoms with Gasteiger partial charge in [-0.15, -0.1) is 0 Å². The van der Waals surface area contributed by atoms with Crippen molar-refractivity contribution in [3.05, 3.63) is 0 Å². The van der Waals surface area contributed by atoms with E-state index in [0.29, 0.717) is 12.5 Å². The van der Waals surface area contributed by atoms with E-state index in [1.807, 2.05) is 11.9 Å². The highest BCUT2D eigenvalue weighted by atomic mass is 15.1. The van der Waals surface area contributed by atoms with Crippen LogP contribution >= 0.6 is 0 Å². The van der Waals surface area contributed by atoms with E-state index in [2.05, 4.69) is 19.9 Å². The SMILES string of the molecule is CC(C)CN(C)CC#N. The van der Waals surface area contributed by atoms with Crippen LogP contribution in [0.15, 0.2) is 0 Å². The van der Waals surface area contributed by atoms with E-state index < -0.39 is 0 Å². The molecule has 52 valence electrons. The molecule has 0 radical (unpaired) electrons. The van der Waals surface area contributed by atoms with Gasteiger partial charge in [-0.1, -0.05) is 13.8 Å². The minimum Gasteiger partial charge on any atom is -0.293 e. The minimum absolute atomic E-state index is 0.540. The second kappa shape index (κ2) is 4.34. The van der Waals surface area contributed by atoms with Crippen LogP contribution in [0.5, 0.6) is 0 Å². The summed E-state index contributed by atoms with van der Waals surface area (Å²) < 4.78 is 0. The van der Waals surface area contributed by atoms with Crippen LogP contribution in [0.3, 0.4) is 0 Å². The summed E-state index contributed by atoms with van der Waals surface area (Å²) in [7, 11) is 1.96. The van der Waals surface area contributed by atoms with Crippen LogP contribution in [-0.2, 0) is 0 Å². The molecule has 0 aliphatic carbocycles. The number of hydrogen-bond donors (Lipinski definition) is 0. The van der Waals surface area contributed by atoms with E-state index in [-0.39, 0.29) is 0 Å². The zero-order valence-electron chi connectivity index (χ0n) is 6.39. The molecule has 0 atom stereocenters. The van der Waals surface area contributed by atoms with Gasteiger partial charge in [-0.3, -0.25) is 4.90 Å². The molecular formula is C7H14N2. The first kappa shape index (κ1) is 8.45. The fraction of sp³-hybridized carbons (Fsp3) is 0.857. The second-order valence-electron chi connectivity index (χ2n) is 2.75. The summed E-state index contributed by atoms with van der Waals surface area (Å²) in [4.78, 5) is 2.02. The lowest BCUT2D eigenvalue weighted by molar-refractivity contribution is 0.327. The lowest BCUT2D eigenvalue weighted by atomic mass is 10.2. The summed E-state index contributed by atoms with van der Waals surface area (Å²) in [6, 6.07) is 2.10. The van der Waals surface area contributed by atoms with Crippen molar-refractivity contribution < 1.29 is 0 Å². The van der Waals surface area contributed by atoms with Gasteiger partial charge in [-0.05, 0) is 13.0 Å². The molecule has 0 aromatic heterocycles. The molecule has 0 bridgehead atoms. The zero-order valence-corrected chi connectivity index (χ0v) is 6.39. The molecule has 2 nitrogen and oxygen atoms in total. The fourth-order valence-electron chi connectivity index (χ4n) is 0.809. The molecule has 0 aliphatic rings. The van der Waals surface area contributed by atoms with Crippen molar-refractivity contribution in [2.75, 3.05) is 20.1 Å². The molecule has 0 aromatic rings. The van der Waals surface area contributed by atoms with Crippen molar-refractivity contribution in [2.45, 2.75) is 13.8 Å². The van der Waals surface area contributed by atoms with Gasteiger partial charge in [-0.25, -0.2) is 0 Å². The van der Waals surface area contributed by atoms with Crippen LogP contribution < -0.4 is 0 Å². The van der Waals surface area contributed by atoms with E-state index in [1.165, 1.54) is 0 Å². The van der Waals surface area contributed by atoms with Gasteiger partial charge in [0.2, 0.25) is 0 Å². The molecule has 0 unspecified atom stereocenters. The van der Waals surface area contributed by atoms with Crippen molar-refractivity contribution in [1.29, 1.82) is 5.26 Å². The lowest BCUT2D eigenvalue weighted by Gasteiger charge is -2.13. The van der Waals surface area contributed by atoms with Crippen LogP contribution in [0.2, 0.25) is 0 Å². The Bertz CT molecular complexity index is 102. The van der Waals surface area contributed by atoms with Crippen molar-refractivity contribution in [3.63, 3.8) is 0 Å². The van der Waals surface area contributed by atoms with Gasteiger partial charge >= 0.3 is 0 Å². The number of rotatable bonds is 3. The summed E-state index contributed by atoms with van der Waals surface area (Å²) in [6.45, 7) is 5.84. The highest BCUT2D eigenvalue weighted by molar-refractivity contribution is 4.74. The summed E-state index contributed by atoms with van der Waals surface area (Å²) >= 11 is 0. The first-order chi connectivity index (χ1) is 4.16. The third-order valence-corrected chi connectivity index (χ3v) is 1.02. The van der Waals surface area contributed by atoms with Crippen LogP contribution in [0, 0.1) is 17.2 Å². The molecule has 0 aromatic carbocycles. The molecule has 0 saturated carbocycles. The van der Waals surface area contributed by atoms with E-state index in [1.54, 1.807) is 0 Å². The summed E-state index contributed by atoms with van der Waals surface area (Å²) in [5.41, 5.74) is 0. The van der Waals surface area contributed by atoms with Crippen LogP contribution in [0.25, 0.3) is 0 Å². The molecule has 0 saturated heterocycles. The Labute approximate surface area is 57.1 Å². The average Bonchev–Trinajstić information content (AvgIpc) is 1.63. The first-order valence-corrected chi connectivity index (χ1v) is 3.22.